The van der Waals surface area contributed by atoms with Gasteiger partial charge in [-0.25, -0.2) is 4.79 Å². The molecular formula is C14H20INO4. The van der Waals surface area contributed by atoms with Gasteiger partial charge in [-0.3, -0.25) is 0 Å². The largest absolute Gasteiger partial charge is 0.443 e. The number of ether oxygens (including phenoxy) is 3. The number of amides is 1. The van der Waals surface area contributed by atoms with Gasteiger partial charge >= 0.3 is 6.09 Å². The Hall–Kier alpha value is -0.860. The molecule has 0 aliphatic heterocycles. The molecule has 0 aromatic heterocycles. The maximum atomic E-state index is 11.1. The standard InChI is InChI=1S/C14H20INO4/c1-9(2)12(20-14(16)17)13(19-8-18-3)10-6-4-5-7-11(10)15/h4-7,9,12-13H,8H2,1-3H3,(H2,16,17)/t12-,13-/m0/s1. The number of nitrogens with two attached hydrogens (primary N) is 1. The van der Waals surface area contributed by atoms with Crippen LogP contribution in [0.5, 0.6) is 0 Å². The smallest absolute Gasteiger partial charge is 0.404 e. The topological polar surface area (TPSA) is 70.8 Å². The summed E-state index contributed by atoms with van der Waals surface area (Å²) in [5, 5.41) is 0. The van der Waals surface area contributed by atoms with Gasteiger partial charge in [0.1, 0.15) is 19.0 Å². The first-order valence-electron chi connectivity index (χ1n) is 6.28. The fraction of sp³-hybridized carbons (Fsp3) is 0.500. The second-order valence-electron chi connectivity index (χ2n) is 4.66. The third-order valence-corrected chi connectivity index (χ3v) is 3.77. The molecule has 0 unspecified atom stereocenters. The van der Waals surface area contributed by atoms with Crippen LogP contribution < -0.4 is 5.73 Å². The number of carbonyl (C=O) groups excluding carboxylic acids is 1. The Morgan fingerprint density at radius 2 is 2.00 bits per heavy atom. The molecule has 0 radical (unpaired) electrons. The highest BCUT2D eigenvalue weighted by molar-refractivity contribution is 14.1. The molecule has 0 saturated heterocycles. The predicted octanol–water partition coefficient (Wildman–Crippen LogP) is 3.07. The van der Waals surface area contributed by atoms with Crippen LogP contribution in [0.15, 0.2) is 24.3 Å². The van der Waals surface area contributed by atoms with Crippen molar-refractivity contribution < 1.29 is 19.0 Å². The molecule has 20 heavy (non-hydrogen) atoms. The normalized spacial score (nSPS) is 14.1. The van der Waals surface area contributed by atoms with E-state index in [1.165, 1.54) is 0 Å². The number of hydrogen-bond donors (Lipinski definition) is 1. The Labute approximate surface area is 132 Å². The third-order valence-electron chi connectivity index (χ3n) is 2.78. The van der Waals surface area contributed by atoms with E-state index >= 15 is 0 Å². The molecule has 0 heterocycles. The predicted molar refractivity (Wildman–Crippen MR) is 84.2 cm³/mol. The molecule has 6 heteroatoms. The minimum atomic E-state index is -0.805. The number of hydrogen-bond acceptors (Lipinski definition) is 4. The zero-order chi connectivity index (χ0) is 15.1. The van der Waals surface area contributed by atoms with E-state index in [0.717, 1.165) is 9.13 Å². The van der Waals surface area contributed by atoms with Gasteiger partial charge in [0.15, 0.2) is 0 Å². The summed E-state index contributed by atoms with van der Waals surface area (Å²) in [5.41, 5.74) is 6.11. The molecule has 0 aliphatic carbocycles. The molecule has 1 rings (SSSR count). The lowest BCUT2D eigenvalue weighted by molar-refractivity contribution is -0.125. The third kappa shape index (κ3) is 4.92. The van der Waals surface area contributed by atoms with Crippen molar-refractivity contribution in [3.63, 3.8) is 0 Å². The summed E-state index contributed by atoms with van der Waals surface area (Å²) in [6.45, 7) is 4.01. The SMILES string of the molecule is COCO[C@@H](c1ccccc1I)[C@@H](OC(N)=O)C(C)C. The highest BCUT2D eigenvalue weighted by atomic mass is 127. The summed E-state index contributed by atoms with van der Waals surface area (Å²) in [6.07, 6.45) is -1.70. The van der Waals surface area contributed by atoms with Crippen LogP contribution in [0.4, 0.5) is 4.79 Å². The average Bonchev–Trinajstić information content (AvgIpc) is 2.39. The van der Waals surface area contributed by atoms with Gasteiger partial charge in [0, 0.05) is 10.7 Å². The Kier molecular flexibility index (Phi) is 7.25. The maximum absolute atomic E-state index is 11.1. The minimum absolute atomic E-state index is 0.0559. The summed E-state index contributed by atoms with van der Waals surface area (Å²) in [4.78, 5) is 11.1. The lowest BCUT2D eigenvalue weighted by Crippen LogP contribution is -2.34. The van der Waals surface area contributed by atoms with E-state index in [-0.39, 0.29) is 12.7 Å². The molecule has 0 bridgehead atoms. The average molecular weight is 393 g/mol. The highest BCUT2D eigenvalue weighted by Gasteiger charge is 2.31. The van der Waals surface area contributed by atoms with Crippen LogP contribution >= 0.6 is 22.6 Å². The van der Waals surface area contributed by atoms with Crippen molar-refractivity contribution in [3.05, 3.63) is 33.4 Å². The van der Waals surface area contributed by atoms with Gasteiger partial charge < -0.3 is 19.9 Å². The number of carbonyl (C=O) groups is 1. The van der Waals surface area contributed by atoms with Crippen molar-refractivity contribution >= 4 is 28.7 Å². The van der Waals surface area contributed by atoms with Crippen LogP contribution in [0.2, 0.25) is 0 Å². The van der Waals surface area contributed by atoms with Gasteiger partial charge in [-0.2, -0.15) is 0 Å². The lowest BCUT2D eigenvalue weighted by Gasteiger charge is -2.30. The highest BCUT2D eigenvalue weighted by Crippen LogP contribution is 2.31. The Morgan fingerprint density at radius 3 is 2.50 bits per heavy atom. The van der Waals surface area contributed by atoms with E-state index in [0.29, 0.717) is 0 Å². The van der Waals surface area contributed by atoms with Gasteiger partial charge in [0.05, 0.1) is 0 Å². The van der Waals surface area contributed by atoms with Crippen molar-refractivity contribution in [3.8, 4) is 0 Å². The number of methoxy groups -OCH3 is 1. The van der Waals surface area contributed by atoms with Crippen LogP contribution in [0.1, 0.15) is 25.5 Å². The molecule has 0 aliphatic rings. The minimum Gasteiger partial charge on any atom is -0.443 e. The number of primary amides is 1. The quantitative estimate of drug-likeness (QED) is 0.571. The molecule has 1 aromatic rings. The van der Waals surface area contributed by atoms with Crippen LogP contribution in [0.25, 0.3) is 0 Å². The summed E-state index contributed by atoms with van der Waals surface area (Å²) >= 11 is 2.23. The van der Waals surface area contributed by atoms with Crippen molar-refractivity contribution in [1.82, 2.24) is 0 Å². The number of benzene rings is 1. The van der Waals surface area contributed by atoms with Gasteiger partial charge in [0.25, 0.3) is 0 Å². The Balaban J connectivity index is 3.08. The molecule has 0 fully saturated rings. The molecule has 1 aromatic carbocycles. The molecule has 112 valence electrons. The van der Waals surface area contributed by atoms with Crippen LogP contribution in [0.3, 0.4) is 0 Å². The maximum Gasteiger partial charge on any atom is 0.404 e. The Bertz CT molecular complexity index is 439. The second kappa shape index (κ2) is 8.43. The lowest BCUT2D eigenvalue weighted by atomic mass is 9.96. The van der Waals surface area contributed by atoms with Crippen molar-refractivity contribution in [2.45, 2.75) is 26.1 Å². The van der Waals surface area contributed by atoms with Gasteiger partial charge in [0.2, 0.25) is 0 Å². The van der Waals surface area contributed by atoms with Crippen molar-refractivity contribution in [2.75, 3.05) is 13.9 Å². The van der Waals surface area contributed by atoms with Crippen LogP contribution in [0, 0.1) is 9.49 Å². The molecule has 5 nitrogen and oxygen atoms in total. The first-order valence-corrected chi connectivity index (χ1v) is 7.36. The number of rotatable bonds is 7. The van der Waals surface area contributed by atoms with E-state index < -0.39 is 18.3 Å². The summed E-state index contributed by atoms with van der Waals surface area (Å²) < 4.78 is 17.0. The van der Waals surface area contributed by atoms with Gasteiger partial charge in [-0.15, -0.1) is 0 Å². The van der Waals surface area contributed by atoms with E-state index in [2.05, 4.69) is 22.6 Å². The molecular weight excluding hydrogens is 373 g/mol. The summed E-state index contributed by atoms with van der Waals surface area (Å²) in [7, 11) is 1.55. The van der Waals surface area contributed by atoms with Crippen LogP contribution in [-0.4, -0.2) is 26.1 Å². The molecule has 2 N–H and O–H groups in total. The molecule has 0 saturated carbocycles. The molecule has 2 atom stereocenters. The fourth-order valence-electron chi connectivity index (χ4n) is 1.89. The zero-order valence-corrected chi connectivity index (χ0v) is 14.0. The van der Waals surface area contributed by atoms with Crippen molar-refractivity contribution in [2.24, 2.45) is 11.7 Å². The number of halogens is 1. The van der Waals surface area contributed by atoms with Gasteiger partial charge in [-0.1, -0.05) is 32.0 Å². The van der Waals surface area contributed by atoms with Crippen LogP contribution in [-0.2, 0) is 14.2 Å². The summed E-state index contributed by atoms with van der Waals surface area (Å²) in [5.74, 6) is 0.0559. The monoisotopic (exact) mass is 393 g/mol. The summed E-state index contributed by atoms with van der Waals surface area (Å²) in [6, 6.07) is 7.78. The fourth-order valence-corrected chi connectivity index (χ4v) is 2.58. The molecule has 0 spiro atoms. The van der Waals surface area contributed by atoms with E-state index in [1.54, 1.807) is 7.11 Å². The second-order valence-corrected chi connectivity index (χ2v) is 5.82. The van der Waals surface area contributed by atoms with E-state index in [9.17, 15) is 4.79 Å². The molecule has 1 amide bonds. The first kappa shape index (κ1) is 17.2. The van der Waals surface area contributed by atoms with E-state index in [4.69, 9.17) is 19.9 Å². The van der Waals surface area contributed by atoms with E-state index in [1.807, 2.05) is 38.1 Å². The van der Waals surface area contributed by atoms with Crippen molar-refractivity contribution in [1.29, 1.82) is 0 Å². The Morgan fingerprint density at radius 1 is 1.35 bits per heavy atom. The zero-order valence-electron chi connectivity index (χ0n) is 11.8. The first-order chi connectivity index (χ1) is 9.47. The van der Waals surface area contributed by atoms with Gasteiger partial charge in [-0.05, 0) is 40.1 Å².